The molecule has 4 nitrogen and oxygen atoms in total. The van der Waals surface area contributed by atoms with Crippen LogP contribution in [0.15, 0.2) is 0 Å². The highest BCUT2D eigenvalue weighted by Crippen LogP contribution is 2.61. The molecule has 238 valence electrons. The molecule has 0 aliphatic carbocycles. The summed E-state index contributed by atoms with van der Waals surface area (Å²) in [5.41, 5.74) is -0.665. The van der Waals surface area contributed by atoms with Crippen molar-refractivity contribution in [3.63, 3.8) is 0 Å². The second-order valence-electron chi connectivity index (χ2n) is 14.0. The van der Waals surface area contributed by atoms with E-state index in [1.807, 2.05) is 0 Å². The maximum absolute atomic E-state index is 15.8. The summed E-state index contributed by atoms with van der Waals surface area (Å²) >= 11 is 0. The Labute approximate surface area is 246 Å². The monoisotopic (exact) mass is 610 g/mol. The van der Waals surface area contributed by atoms with Gasteiger partial charge in [-0.1, -0.05) is 124 Å². The number of methoxy groups -OCH3 is 2. The van der Waals surface area contributed by atoms with E-state index >= 15 is 8.78 Å². The predicted octanol–water partition coefficient (Wildman–Crippen LogP) is 10.5. The molecule has 0 saturated heterocycles. The summed E-state index contributed by atoms with van der Waals surface area (Å²) in [7, 11) is -4.39. The third-order valence-electron chi connectivity index (χ3n) is 7.54. The molecular formula is C32H62F2O4P2. The smallest absolute Gasteiger partial charge is 0.180 e. The van der Waals surface area contributed by atoms with Gasteiger partial charge in [0, 0.05) is 22.6 Å². The first-order valence-corrected chi connectivity index (χ1v) is 18.4. The van der Waals surface area contributed by atoms with Crippen molar-refractivity contribution in [2.75, 3.05) is 14.2 Å². The molecule has 0 spiro atoms. The Morgan fingerprint density at radius 2 is 0.750 bits per heavy atom. The zero-order valence-electron chi connectivity index (χ0n) is 29.0. The Kier molecular flexibility index (Phi) is 16.6. The fourth-order valence-corrected chi connectivity index (χ4v) is 10.1. The van der Waals surface area contributed by atoms with Crippen LogP contribution in [0.25, 0.3) is 0 Å². The zero-order chi connectivity index (χ0) is 32.6. The molecule has 0 aliphatic heterocycles. The molecule has 8 heteroatoms. The van der Waals surface area contributed by atoms with E-state index in [0.29, 0.717) is 10.8 Å². The van der Waals surface area contributed by atoms with E-state index in [9.17, 15) is 9.13 Å². The first-order valence-electron chi connectivity index (χ1n) is 14.7. The van der Waals surface area contributed by atoms with Gasteiger partial charge < -0.3 is 18.6 Å². The number of halogens is 2. The maximum atomic E-state index is 15.8. The van der Waals surface area contributed by atoms with Crippen molar-refractivity contribution in [3.05, 3.63) is 11.6 Å². The van der Waals surface area contributed by atoms with Gasteiger partial charge in [0.05, 0.1) is 24.8 Å². The Bertz CT molecular complexity index is 912. The van der Waals surface area contributed by atoms with Crippen LogP contribution in [0.4, 0.5) is 8.78 Å². The SMILES string of the molecule is CCC(C)(C)C.CCC(C)(C)C.COc1c(F)c(P(=O)(C(C)C)C(C)C)c(OC)c(F)c1P(=O)(C(C)C)C(C)C. The molecule has 0 N–H and O–H groups in total. The molecule has 0 radical (unpaired) electrons. The molecule has 0 aromatic heterocycles. The van der Waals surface area contributed by atoms with Crippen molar-refractivity contribution >= 4 is 24.9 Å². The minimum Gasteiger partial charge on any atom is -0.493 e. The molecule has 0 bridgehead atoms. The lowest BCUT2D eigenvalue weighted by molar-refractivity contribution is 0.368. The largest absolute Gasteiger partial charge is 0.493 e. The fraction of sp³-hybridized carbons (Fsp3) is 0.812. The number of ether oxygens (including phenoxy) is 2. The quantitative estimate of drug-likeness (QED) is 0.275. The normalized spacial score (nSPS) is 12.8. The van der Waals surface area contributed by atoms with E-state index < -0.39 is 60.1 Å². The third-order valence-corrected chi connectivity index (χ3v) is 15.9. The standard InChI is InChI=1S/C20H34F2O4P2.2C6H14/c1-11(2)27(23,12(3)4)19-15(21)18(26-10)20(16(22)17(19)25-9)28(24,13(5)6)14(7)8;2*1-5-6(2,3)4/h11-14H,1-10H3;2*5H2,1-4H3. The van der Waals surface area contributed by atoms with E-state index in [1.54, 1.807) is 55.4 Å². The van der Waals surface area contributed by atoms with Gasteiger partial charge in [0.1, 0.15) is 14.3 Å². The van der Waals surface area contributed by atoms with Crippen LogP contribution in [0.1, 0.15) is 124 Å². The summed E-state index contributed by atoms with van der Waals surface area (Å²) in [6.45, 7) is 31.6. The Morgan fingerprint density at radius 1 is 0.575 bits per heavy atom. The van der Waals surface area contributed by atoms with Crippen LogP contribution < -0.4 is 20.1 Å². The van der Waals surface area contributed by atoms with Crippen molar-refractivity contribution in [1.29, 1.82) is 0 Å². The zero-order valence-corrected chi connectivity index (χ0v) is 30.8. The van der Waals surface area contributed by atoms with Crippen molar-refractivity contribution in [3.8, 4) is 11.5 Å². The highest BCUT2D eigenvalue weighted by molar-refractivity contribution is 7.74. The van der Waals surface area contributed by atoms with E-state index in [-0.39, 0.29) is 10.6 Å². The van der Waals surface area contributed by atoms with Gasteiger partial charge in [-0.2, -0.15) is 0 Å². The van der Waals surface area contributed by atoms with Crippen LogP contribution in [0.3, 0.4) is 0 Å². The highest BCUT2D eigenvalue weighted by atomic mass is 31.2. The molecule has 40 heavy (non-hydrogen) atoms. The molecule has 0 atom stereocenters. The van der Waals surface area contributed by atoms with Gasteiger partial charge in [0.2, 0.25) is 0 Å². The number of benzene rings is 1. The van der Waals surface area contributed by atoms with Gasteiger partial charge in [-0.3, -0.25) is 0 Å². The topological polar surface area (TPSA) is 52.6 Å². The van der Waals surface area contributed by atoms with E-state index in [4.69, 9.17) is 9.47 Å². The van der Waals surface area contributed by atoms with Crippen LogP contribution in [0, 0.1) is 22.5 Å². The molecule has 0 unspecified atom stereocenters. The van der Waals surface area contributed by atoms with Gasteiger partial charge in [0.25, 0.3) is 0 Å². The Balaban J connectivity index is 0. The number of hydrogen-bond acceptors (Lipinski definition) is 4. The highest BCUT2D eigenvalue weighted by Gasteiger charge is 2.46. The van der Waals surface area contributed by atoms with E-state index in [1.165, 1.54) is 27.1 Å². The lowest BCUT2D eigenvalue weighted by Crippen LogP contribution is -2.32. The van der Waals surface area contributed by atoms with Gasteiger partial charge in [0.15, 0.2) is 23.1 Å². The second kappa shape index (κ2) is 16.1. The molecule has 0 saturated carbocycles. The summed E-state index contributed by atoms with van der Waals surface area (Å²) in [6.07, 6.45) is 2.54. The predicted molar refractivity (Wildman–Crippen MR) is 174 cm³/mol. The molecular weight excluding hydrogens is 548 g/mol. The third kappa shape index (κ3) is 10.1. The lowest BCUT2D eigenvalue weighted by atomic mass is 9.94. The molecule has 0 amide bonds. The first kappa shape index (κ1) is 41.3. The summed E-state index contributed by atoms with van der Waals surface area (Å²) in [5, 5.41) is -0.589. The Hall–Kier alpha value is -0.860. The van der Waals surface area contributed by atoms with Crippen LogP contribution in [0.5, 0.6) is 11.5 Å². The number of rotatable bonds is 8. The summed E-state index contributed by atoms with van der Waals surface area (Å²) in [4.78, 5) is 0. The van der Waals surface area contributed by atoms with E-state index in [2.05, 4.69) is 55.4 Å². The van der Waals surface area contributed by atoms with Crippen LogP contribution in [0.2, 0.25) is 0 Å². The molecule has 1 aromatic carbocycles. The maximum Gasteiger partial charge on any atom is 0.180 e. The van der Waals surface area contributed by atoms with Crippen LogP contribution in [-0.4, -0.2) is 36.9 Å². The molecule has 1 aromatic rings. The van der Waals surface area contributed by atoms with E-state index in [0.717, 1.165) is 0 Å². The van der Waals surface area contributed by atoms with Crippen molar-refractivity contribution in [1.82, 2.24) is 0 Å². The average molecular weight is 611 g/mol. The Morgan fingerprint density at radius 3 is 0.850 bits per heavy atom. The second-order valence-corrected chi connectivity index (χ2v) is 21.9. The number of hydrogen-bond donors (Lipinski definition) is 0. The van der Waals surface area contributed by atoms with Gasteiger partial charge in [-0.05, 0) is 10.8 Å². The minimum absolute atomic E-state index is 0.294. The van der Waals surface area contributed by atoms with Crippen molar-refractivity contribution in [2.45, 2.75) is 146 Å². The molecule has 0 fully saturated rings. The first-order chi connectivity index (χ1) is 17.9. The van der Waals surface area contributed by atoms with Crippen LogP contribution >= 0.6 is 14.3 Å². The van der Waals surface area contributed by atoms with Crippen LogP contribution in [-0.2, 0) is 9.13 Å². The average Bonchev–Trinajstić information content (AvgIpc) is 2.82. The molecule has 1 rings (SSSR count). The lowest BCUT2D eigenvalue weighted by Gasteiger charge is -2.33. The summed E-state index contributed by atoms with van der Waals surface area (Å²) in [6, 6.07) is 0. The molecule has 0 heterocycles. The van der Waals surface area contributed by atoms with Crippen molar-refractivity contribution < 1.29 is 27.4 Å². The summed E-state index contributed by atoms with van der Waals surface area (Å²) in [5.74, 6) is -2.74. The van der Waals surface area contributed by atoms with Crippen molar-refractivity contribution in [2.24, 2.45) is 10.8 Å². The fourth-order valence-electron chi connectivity index (χ4n) is 3.84. The minimum atomic E-state index is -3.40. The molecule has 0 aliphatic rings. The van der Waals surface area contributed by atoms with Gasteiger partial charge >= 0.3 is 0 Å². The summed E-state index contributed by atoms with van der Waals surface area (Å²) < 4.78 is 69.7. The van der Waals surface area contributed by atoms with Gasteiger partial charge in [-0.25, -0.2) is 8.78 Å². The van der Waals surface area contributed by atoms with Gasteiger partial charge in [-0.15, -0.1) is 0 Å².